The van der Waals surface area contributed by atoms with E-state index in [0.717, 1.165) is 106 Å². The SMILES string of the molecule is CCC1=C(C)c2cc3oc(c(C)c3CC)c3oc(cc4nc(cc5oc(cc1n2)c(CC)c5CC)C(CC)=C4C)c(CC)c3C. The average molecular weight is 603 g/mol. The lowest BCUT2D eigenvalue weighted by molar-refractivity contribution is 0.625. The van der Waals surface area contributed by atoms with Crippen molar-refractivity contribution < 1.29 is 13.3 Å². The Morgan fingerprint density at radius 2 is 0.756 bits per heavy atom. The lowest BCUT2D eigenvalue weighted by atomic mass is 10.0. The van der Waals surface area contributed by atoms with Crippen molar-refractivity contribution in [1.82, 2.24) is 9.97 Å². The highest BCUT2D eigenvalue weighted by Gasteiger charge is 2.22. The average Bonchev–Trinajstić information content (AvgIpc) is 3.77. The van der Waals surface area contributed by atoms with Gasteiger partial charge >= 0.3 is 0 Å². The molecule has 2 aliphatic rings. The van der Waals surface area contributed by atoms with E-state index in [1.807, 2.05) is 0 Å². The number of allylic oxidation sites excluding steroid dienone is 4. The number of fused-ring (bicyclic) bond motifs is 11. The van der Waals surface area contributed by atoms with Crippen molar-refractivity contribution in [2.45, 2.75) is 108 Å². The predicted molar refractivity (Wildman–Crippen MR) is 188 cm³/mol. The van der Waals surface area contributed by atoms with Crippen LogP contribution in [0, 0.1) is 13.8 Å². The second-order valence-corrected chi connectivity index (χ2v) is 12.3. The van der Waals surface area contributed by atoms with Gasteiger partial charge in [-0.15, -0.1) is 0 Å². The summed E-state index contributed by atoms with van der Waals surface area (Å²) in [4.78, 5) is 10.4. The number of nitrogens with zero attached hydrogens (tertiary/aromatic N) is 2. The Balaban J connectivity index is 1.86. The predicted octanol–water partition coefficient (Wildman–Crippen LogP) is 11.7. The normalized spacial score (nSPS) is 13.5. The first-order valence-corrected chi connectivity index (χ1v) is 16.8. The third-order valence-corrected chi connectivity index (χ3v) is 9.96. The lowest BCUT2D eigenvalue weighted by Gasteiger charge is -2.00. The zero-order valence-corrected chi connectivity index (χ0v) is 28.7. The monoisotopic (exact) mass is 602 g/mol. The van der Waals surface area contributed by atoms with Gasteiger partial charge < -0.3 is 13.3 Å². The molecule has 234 valence electrons. The van der Waals surface area contributed by atoms with Crippen LogP contribution in [0.5, 0.6) is 0 Å². The van der Waals surface area contributed by atoms with Gasteiger partial charge in [0.1, 0.15) is 22.3 Å². The molecule has 0 saturated heterocycles. The van der Waals surface area contributed by atoms with Gasteiger partial charge in [-0.3, -0.25) is 0 Å². The van der Waals surface area contributed by atoms with E-state index in [2.05, 4.69) is 93.5 Å². The van der Waals surface area contributed by atoms with E-state index in [1.165, 1.54) is 44.5 Å². The lowest BCUT2D eigenvalue weighted by Crippen LogP contribution is -1.87. The van der Waals surface area contributed by atoms with Gasteiger partial charge in [0, 0.05) is 57.6 Å². The van der Waals surface area contributed by atoms with Gasteiger partial charge in [-0.2, -0.15) is 0 Å². The van der Waals surface area contributed by atoms with E-state index in [4.69, 9.17) is 23.2 Å². The summed E-state index contributed by atoms with van der Waals surface area (Å²) in [6.07, 6.45) is 5.23. The van der Waals surface area contributed by atoms with Gasteiger partial charge in [-0.25, -0.2) is 9.97 Å². The summed E-state index contributed by atoms with van der Waals surface area (Å²) in [6.45, 7) is 21.8. The molecule has 6 heterocycles. The molecule has 4 aromatic rings. The summed E-state index contributed by atoms with van der Waals surface area (Å²) in [5, 5.41) is 0. The molecule has 0 aliphatic carbocycles. The Labute approximate surface area is 266 Å². The Hall–Kier alpha value is -4.12. The fraction of sp³-hybridized carbons (Fsp3) is 0.400. The Kier molecular flexibility index (Phi) is 8.24. The molecule has 0 amide bonds. The summed E-state index contributed by atoms with van der Waals surface area (Å²) in [7, 11) is 0. The van der Waals surface area contributed by atoms with Crippen LogP contribution in [0.1, 0.15) is 124 Å². The molecule has 4 aromatic heterocycles. The number of rotatable bonds is 6. The summed E-state index contributed by atoms with van der Waals surface area (Å²) >= 11 is 0. The maximum atomic E-state index is 6.71. The number of aryl methyl sites for hydroxylation is 6. The van der Waals surface area contributed by atoms with Crippen LogP contribution in [-0.2, 0) is 25.7 Å². The molecule has 10 bridgehead atoms. The van der Waals surface area contributed by atoms with Crippen LogP contribution in [0.25, 0.3) is 55.8 Å². The van der Waals surface area contributed by atoms with Gasteiger partial charge in [0.2, 0.25) is 0 Å². The maximum Gasteiger partial charge on any atom is 0.173 e. The standard InChI is InChI=1S/C40H46N2O3/c1-11-25-21(7)31-17-35-27(13-3)23(9)39(44-35)40-24(10)28(14-4)36(45-40)18-32-22(8)26(12-2)34(42-32)20-38-30(16-6)29(15-5)37(43-38)19-33(25)41-31/h17-20H,11-16H2,1-10H3. The highest BCUT2D eigenvalue weighted by Crippen LogP contribution is 2.39. The Morgan fingerprint density at radius 3 is 1.09 bits per heavy atom. The maximum absolute atomic E-state index is 6.71. The van der Waals surface area contributed by atoms with Crippen LogP contribution in [0.4, 0.5) is 0 Å². The minimum atomic E-state index is 0.799. The fourth-order valence-corrected chi connectivity index (χ4v) is 7.40. The first-order valence-electron chi connectivity index (χ1n) is 16.8. The van der Waals surface area contributed by atoms with E-state index in [0.29, 0.717) is 0 Å². The van der Waals surface area contributed by atoms with Crippen molar-refractivity contribution in [3.63, 3.8) is 0 Å². The number of hydrogen-bond donors (Lipinski definition) is 0. The van der Waals surface area contributed by atoms with Crippen LogP contribution in [0.2, 0.25) is 0 Å². The number of aromatic nitrogens is 2. The van der Waals surface area contributed by atoms with Crippen molar-refractivity contribution in [3.05, 3.63) is 80.4 Å². The molecule has 0 spiro atoms. The summed E-state index contributed by atoms with van der Waals surface area (Å²) in [5.41, 5.74) is 20.8. The van der Waals surface area contributed by atoms with Crippen LogP contribution in [0.3, 0.4) is 0 Å². The zero-order valence-electron chi connectivity index (χ0n) is 28.7. The molecule has 2 aliphatic heterocycles. The van der Waals surface area contributed by atoms with Crippen LogP contribution >= 0.6 is 0 Å². The van der Waals surface area contributed by atoms with E-state index in [-0.39, 0.29) is 0 Å². The molecular formula is C40H46N2O3. The first-order chi connectivity index (χ1) is 21.7. The molecule has 0 radical (unpaired) electrons. The van der Waals surface area contributed by atoms with E-state index >= 15 is 0 Å². The molecule has 5 heteroatoms. The second-order valence-electron chi connectivity index (χ2n) is 12.3. The van der Waals surface area contributed by atoms with Crippen molar-refractivity contribution in [1.29, 1.82) is 0 Å². The summed E-state index contributed by atoms with van der Waals surface area (Å²) in [5.74, 6) is 0. The molecule has 0 saturated carbocycles. The number of furan rings is 3. The van der Waals surface area contributed by atoms with Crippen LogP contribution in [0.15, 0.2) is 37.5 Å². The van der Waals surface area contributed by atoms with E-state index in [1.54, 1.807) is 0 Å². The highest BCUT2D eigenvalue weighted by atomic mass is 16.4. The first kappa shape index (κ1) is 30.9. The quantitative estimate of drug-likeness (QED) is 0.220. The van der Waals surface area contributed by atoms with Gasteiger partial charge in [0.05, 0.1) is 22.8 Å². The molecule has 0 N–H and O–H groups in total. The minimum Gasteiger partial charge on any atom is -0.457 e. The summed E-state index contributed by atoms with van der Waals surface area (Å²) < 4.78 is 20.1. The van der Waals surface area contributed by atoms with Crippen molar-refractivity contribution in [3.8, 4) is 0 Å². The van der Waals surface area contributed by atoms with Crippen molar-refractivity contribution in [2.24, 2.45) is 0 Å². The molecular weight excluding hydrogens is 556 g/mol. The fourth-order valence-electron chi connectivity index (χ4n) is 7.40. The highest BCUT2D eigenvalue weighted by molar-refractivity contribution is 5.94. The molecule has 0 unspecified atom stereocenters. The van der Waals surface area contributed by atoms with Crippen LogP contribution in [-0.4, -0.2) is 9.97 Å². The Morgan fingerprint density at radius 1 is 0.422 bits per heavy atom. The zero-order chi connectivity index (χ0) is 32.2. The van der Waals surface area contributed by atoms with E-state index < -0.39 is 0 Å². The minimum absolute atomic E-state index is 0.799. The molecule has 0 aromatic carbocycles. The molecule has 6 rings (SSSR count). The second kappa shape index (κ2) is 12.0. The Bertz CT molecular complexity index is 1960. The van der Waals surface area contributed by atoms with Gasteiger partial charge in [-0.1, -0.05) is 41.5 Å². The molecule has 0 atom stereocenters. The van der Waals surface area contributed by atoms with Gasteiger partial charge in [0.15, 0.2) is 11.2 Å². The van der Waals surface area contributed by atoms with Crippen LogP contribution < -0.4 is 0 Å². The van der Waals surface area contributed by atoms with Crippen molar-refractivity contribution in [2.75, 3.05) is 0 Å². The molecule has 5 nitrogen and oxygen atoms in total. The topological polar surface area (TPSA) is 65.2 Å². The van der Waals surface area contributed by atoms with Crippen molar-refractivity contribution >= 4 is 55.8 Å². The third kappa shape index (κ3) is 4.92. The van der Waals surface area contributed by atoms with Gasteiger partial charge in [-0.05, 0) is 88.5 Å². The molecule has 0 fully saturated rings. The van der Waals surface area contributed by atoms with Gasteiger partial charge in [0.25, 0.3) is 0 Å². The smallest absolute Gasteiger partial charge is 0.173 e. The summed E-state index contributed by atoms with van der Waals surface area (Å²) in [6, 6.07) is 8.53. The molecule has 45 heavy (non-hydrogen) atoms. The van der Waals surface area contributed by atoms with E-state index in [9.17, 15) is 0 Å². The number of hydrogen-bond acceptors (Lipinski definition) is 5. The third-order valence-electron chi connectivity index (χ3n) is 9.96. The largest absolute Gasteiger partial charge is 0.457 e.